The normalized spacial score (nSPS) is 26.2. The van der Waals surface area contributed by atoms with Crippen molar-refractivity contribution in [3.63, 3.8) is 0 Å². The van der Waals surface area contributed by atoms with Crippen LogP contribution in [-0.4, -0.2) is 46.5 Å². The second-order valence-corrected chi connectivity index (χ2v) is 7.36. The van der Waals surface area contributed by atoms with E-state index in [1.165, 1.54) is 6.42 Å². The summed E-state index contributed by atoms with van der Waals surface area (Å²) in [6.07, 6.45) is 6.91. The van der Waals surface area contributed by atoms with Gasteiger partial charge in [0.2, 0.25) is 0 Å². The number of piperidine rings is 1. The van der Waals surface area contributed by atoms with Gasteiger partial charge in [0.1, 0.15) is 5.82 Å². The molecule has 0 radical (unpaired) electrons. The van der Waals surface area contributed by atoms with Gasteiger partial charge in [-0.05, 0) is 30.7 Å². The molecular formula is C20H27N5O. The van der Waals surface area contributed by atoms with E-state index >= 15 is 0 Å². The molecule has 2 aromatic rings. The lowest BCUT2D eigenvalue weighted by atomic mass is 9.83. The monoisotopic (exact) mass is 353 g/mol. The second-order valence-electron chi connectivity index (χ2n) is 7.36. The Balaban J connectivity index is 1.54. The van der Waals surface area contributed by atoms with Crippen LogP contribution in [0.3, 0.4) is 0 Å². The number of aromatic nitrogens is 2. The predicted octanol–water partition coefficient (Wildman–Crippen LogP) is 2.43. The molecule has 2 saturated heterocycles. The number of hydrazine groups is 1. The molecule has 1 aromatic heterocycles. The van der Waals surface area contributed by atoms with Crippen LogP contribution >= 0.6 is 0 Å². The maximum Gasteiger partial charge on any atom is 0.254 e. The van der Waals surface area contributed by atoms with Crippen LogP contribution in [-0.2, 0) is 0 Å². The van der Waals surface area contributed by atoms with Crippen molar-refractivity contribution in [1.82, 2.24) is 25.7 Å². The first-order chi connectivity index (χ1) is 12.8. The fourth-order valence-electron chi connectivity index (χ4n) is 4.40. The molecule has 1 amide bonds. The number of imidazole rings is 1. The summed E-state index contributed by atoms with van der Waals surface area (Å²) in [4.78, 5) is 22.8. The zero-order valence-electron chi connectivity index (χ0n) is 15.2. The number of hydrogen-bond donors (Lipinski definition) is 3. The van der Waals surface area contributed by atoms with E-state index in [1.807, 2.05) is 29.2 Å². The first-order valence-corrected chi connectivity index (χ1v) is 9.64. The van der Waals surface area contributed by atoms with Crippen molar-refractivity contribution in [1.29, 1.82) is 0 Å². The number of amides is 1. The van der Waals surface area contributed by atoms with Crippen LogP contribution in [0, 0.1) is 11.8 Å². The highest BCUT2D eigenvalue weighted by atomic mass is 16.2. The van der Waals surface area contributed by atoms with Gasteiger partial charge in [0.25, 0.3) is 5.91 Å². The highest BCUT2D eigenvalue weighted by Gasteiger charge is 2.36. The summed E-state index contributed by atoms with van der Waals surface area (Å²) in [7, 11) is 0. The third-order valence-corrected chi connectivity index (χ3v) is 5.83. The second kappa shape index (κ2) is 7.60. The highest BCUT2D eigenvalue weighted by Crippen LogP contribution is 2.29. The van der Waals surface area contributed by atoms with E-state index in [4.69, 9.17) is 0 Å². The topological polar surface area (TPSA) is 73.0 Å². The molecule has 0 aliphatic carbocycles. The number of nitrogens with one attached hydrogen (secondary N) is 3. The van der Waals surface area contributed by atoms with E-state index in [1.54, 1.807) is 12.4 Å². The molecule has 3 atom stereocenters. The molecule has 2 fully saturated rings. The van der Waals surface area contributed by atoms with E-state index in [2.05, 4.69) is 27.7 Å². The average Bonchev–Trinajstić information content (AvgIpc) is 3.39. The molecule has 2 aliphatic heterocycles. The number of carbonyl (C=O) groups is 1. The van der Waals surface area contributed by atoms with Crippen molar-refractivity contribution in [3.8, 4) is 11.4 Å². The molecule has 6 heteroatoms. The molecular weight excluding hydrogens is 326 g/mol. The Labute approximate surface area is 154 Å². The van der Waals surface area contributed by atoms with E-state index in [0.29, 0.717) is 17.9 Å². The SMILES string of the molecule is CCC1CNNC1C1CCCN(C(=O)c2ccccc2-c2ncc[nH]2)C1. The minimum Gasteiger partial charge on any atom is -0.345 e. The number of aromatic amines is 1. The van der Waals surface area contributed by atoms with Crippen LogP contribution in [0.1, 0.15) is 36.5 Å². The zero-order chi connectivity index (χ0) is 17.9. The summed E-state index contributed by atoms with van der Waals surface area (Å²) in [6, 6.07) is 8.21. The summed E-state index contributed by atoms with van der Waals surface area (Å²) in [5.74, 6) is 2.00. The van der Waals surface area contributed by atoms with Gasteiger partial charge < -0.3 is 9.88 Å². The maximum absolute atomic E-state index is 13.3. The van der Waals surface area contributed by atoms with Crippen molar-refractivity contribution in [2.24, 2.45) is 11.8 Å². The van der Waals surface area contributed by atoms with Gasteiger partial charge in [-0.2, -0.15) is 0 Å². The summed E-state index contributed by atoms with van der Waals surface area (Å²) in [5.41, 5.74) is 8.37. The fraction of sp³-hybridized carbons (Fsp3) is 0.500. The maximum atomic E-state index is 13.3. The lowest BCUT2D eigenvalue weighted by Crippen LogP contribution is -2.48. The Kier molecular flexibility index (Phi) is 5.04. The van der Waals surface area contributed by atoms with Crippen molar-refractivity contribution in [2.45, 2.75) is 32.2 Å². The first kappa shape index (κ1) is 17.2. The lowest BCUT2D eigenvalue weighted by Gasteiger charge is -2.37. The van der Waals surface area contributed by atoms with Crippen LogP contribution in [0.15, 0.2) is 36.7 Å². The van der Waals surface area contributed by atoms with Gasteiger partial charge in [0.15, 0.2) is 0 Å². The van der Waals surface area contributed by atoms with Crippen LogP contribution in [0.5, 0.6) is 0 Å². The molecule has 0 spiro atoms. The predicted molar refractivity (Wildman–Crippen MR) is 101 cm³/mol. The number of likely N-dealkylation sites (tertiary alicyclic amines) is 1. The Morgan fingerprint density at radius 1 is 1.35 bits per heavy atom. The molecule has 26 heavy (non-hydrogen) atoms. The molecule has 3 unspecified atom stereocenters. The molecule has 138 valence electrons. The molecule has 2 aliphatic rings. The van der Waals surface area contributed by atoms with Crippen LogP contribution in [0.25, 0.3) is 11.4 Å². The number of benzene rings is 1. The van der Waals surface area contributed by atoms with Gasteiger partial charge in [-0.15, -0.1) is 0 Å². The molecule has 3 N–H and O–H groups in total. The molecule has 3 heterocycles. The number of rotatable bonds is 4. The third-order valence-electron chi connectivity index (χ3n) is 5.83. The van der Waals surface area contributed by atoms with E-state index < -0.39 is 0 Å². The zero-order valence-corrected chi connectivity index (χ0v) is 15.2. The van der Waals surface area contributed by atoms with Gasteiger partial charge in [-0.1, -0.05) is 31.5 Å². The Morgan fingerprint density at radius 2 is 2.23 bits per heavy atom. The van der Waals surface area contributed by atoms with Crippen LogP contribution in [0.2, 0.25) is 0 Å². The fourth-order valence-corrected chi connectivity index (χ4v) is 4.40. The average molecular weight is 353 g/mol. The third kappa shape index (κ3) is 3.27. The Bertz CT molecular complexity index is 744. The smallest absolute Gasteiger partial charge is 0.254 e. The Morgan fingerprint density at radius 3 is 3.04 bits per heavy atom. The summed E-state index contributed by atoms with van der Waals surface area (Å²) in [5, 5.41) is 0. The minimum atomic E-state index is 0.112. The van der Waals surface area contributed by atoms with Gasteiger partial charge in [-0.25, -0.2) is 4.98 Å². The molecule has 0 saturated carbocycles. The molecule has 1 aromatic carbocycles. The van der Waals surface area contributed by atoms with Crippen LogP contribution in [0.4, 0.5) is 0 Å². The van der Waals surface area contributed by atoms with Crippen molar-refractivity contribution in [2.75, 3.05) is 19.6 Å². The van der Waals surface area contributed by atoms with E-state index in [-0.39, 0.29) is 5.91 Å². The molecule has 6 nitrogen and oxygen atoms in total. The lowest BCUT2D eigenvalue weighted by molar-refractivity contribution is 0.0635. The highest BCUT2D eigenvalue weighted by molar-refractivity contribution is 6.00. The van der Waals surface area contributed by atoms with Gasteiger partial charge in [-0.3, -0.25) is 15.6 Å². The summed E-state index contributed by atoms with van der Waals surface area (Å²) >= 11 is 0. The minimum absolute atomic E-state index is 0.112. The Hall–Kier alpha value is -2.18. The largest absolute Gasteiger partial charge is 0.345 e. The first-order valence-electron chi connectivity index (χ1n) is 9.64. The van der Waals surface area contributed by atoms with Crippen LogP contribution < -0.4 is 10.9 Å². The molecule has 4 rings (SSSR count). The van der Waals surface area contributed by atoms with Crippen molar-refractivity contribution in [3.05, 3.63) is 42.2 Å². The van der Waals surface area contributed by atoms with Crippen molar-refractivity contribution < 1.29 is 4.79 Å². The summed E-state index contributed by atoms with van der Waals surface area (Å²) in [6.45, 7) is 4.92. The molecule has 0 bridgehead atoms. The van der Waals surface area contributed by atoms with Gasteiger partial charge in [0.05, 0.1) is 5.56 Å². The number of carbonyl (C=O) groups excluding carboxylic acids is 1. The number of nitrogens with zero attached hydrogens (tertiary/aromatic N) is 2. The number of H-pyrrole nitrogens is 1. The van der Waals surface area contributed by atoms with E-state index in [9.17, 15) is 4.79 Å². The van der Waals surface area contributed by atoms with Gasteiger partial charge >= 0.3 is 0 Å². The summed E-state index contributed by atoms with van der Waals surface area (Å²) < 4.78 is 0. The van der Waals surface area contributed by atoms with Crippen molar-refractivity contribution >= 4 is 5.91 Å². The quantitative estimate of drug-likeness (QED) is 0.789. The van der Waals surface area contributed by atoms with E-state index in [0.717, 1.165) is 49.4 Å². The van der Waals surface area contributed by atoms with Gasteiger partial charge in [0, 0.05) is 43.6 Å². The number of hydrogen-bond acceptors (Lipinski definition) is 4. The standard InChI is InChI=1S/C20H27N5O/c1-2-14-12-23-24-18(14)15-6-5-11-25(13-15)20(26)17-8-4-3-7-16(17)19-21-9-10-22-19/h3-4,7-10,14-15,18,23-24H,2,5-6,11-13H2,1H3,(H,21,22).